The van der Waals surface area contributed by atoms with Crippen LogP contribution in [-0.4, -0.2) is 12.4 Å². The Morgan fingerprint density at radius 1 is 1.33 bits per heavy atom. The van der Waals surface area contributed by atoms with E-state index in [-0.39, 0.29) is 2.14 Å². The molecule has 0 heterocycles. The SMILES string of the molecule is [SiH3]CC(Br)(Br)Br. The van der Waals surface area contributed by atoms with Crippen LogP contribution in [0.3, 0.4) is 0 Å². The van der Waals surface area contributed by atoms with Crippen molar-refractivity contribution in [1.82, 2.24) is 0 Å². The van der Waals surface area contributed by atoms with E-state index in [1.807, 2.05) is 0 Å². The molecule has 0 saturated carbocycles. The van der Waals surface area contributed by atoms with Crippen LogP contribution in [0.2, 0.25) is 6.04 Å². The van der Waals surface area contributed by atoms with E-state index in [0.717, 1.165) is 6.04 Å². The first-order valence-electron chi connectivity index (χ1n) is 1.63. The molecule has 4 heteroatoms. The highest BCUT2D eigenvalue weighted by Gasteiger charge is 2.11. The molecular formula is C2H5Br3Si. The smallest absolute Gasteiger partial charge is 0.0603 e. The Hall–Kier alpha value is 1.66. The van der Waals surface area contributed by atoms with Crippen molar-refractivity contribution in [2.75, 3.05) is 0 Å². The van der Waals surface area contributed by atoms with Gasteiger partial charge >= 0.3 is 0 Å². The summed E-state index contributed by atoms with van der Waals surface area (Å²) in [7, 11) is 1.21. The van der Waals surface area contributed by atoms with Crippen LogP contribution in [0.15, 0.2) is 0 Å². The molecule has 0 nitrogen and oxygen atoms in total. The fraction of sp³-hybridized carbons (Fsp3) is 1.00. The summed E-state index contributed by atoms with van der Waals surface area (Å²) < 4.78 is 0.0409. The summed E-state index contributed by atoms with van der Waals surface area (Å²) in [5.74, 6) is 0. The normalized spacial score (nSPS) is 12.5. The summed E-state index contributed by atoms with van der Waals surface area (Å²) in [6.07, 6.45) is 0. The van der Waals surface area contributed by atoms with Gasteiger partial charge in [-0.05, 0) is 6.04 Å². The number of alkyl halides is 3. The van der Waals surface area contributed by atoms with Crippen molar-refractivity contribution in [3.63, 3.8) is 0 Å². The van der Waals surface area contributed by atoms with Gasteiger partial charge in [0.2, 0.25) is 0 Å². The van der Waals surface area contributed by atoms with Crippen molar-refractivity contribution < 1.29 is 0 Å². The molecule has 0 unspecified atom stereocenters. The van der Waals surface area contributed by atoms with Gasteiger partial charge in [-0.25, -0.2) is 0 Å². The van der Waals surface area contributed by atoms with Gasteiger partial charge in [-0.1, -0.05) is 47.8 Å². The lowest BCUT2D eigenvalue weighted by Crippen LogP contribution is -1.94. The fourth-order valence-electron chi connectivity index (χ4n) is 0. The van der Waals surface area contributed by atoms with Gasteiger partial charge in [-0.3, -0.25) is 0 Å². The van der Waals surface area contributed by atoms with Gasteiger partial charge in [-0.15, -0.1) is 0 Å². The minimum atomic E-state index is 0.0409. The van der Waals surface area contributed by atoms with E-state index >= 15 is 0 Å². The molecule has 0 N–H and O–H groups in total. The van der Waals surface area contributed by atoms with Crippen molar-refractivity contribution in [2.24, 2.45) is 0 Å². The molecule has 0 aromatic carbocycles. The van der Waals surface area contributed by atoms with Crippen molar-refractivity contribution in [3.8, 4) is 0 Å². The molecule has 0 aromatic rings. The lowest BCUT2D eigenvalue weighted by molar-refractivity contribution is 1.40. The van der Waals surface area contributed by atoms with Gasteiger partial charge in [-0.2, -0.15) is 0 Å². The summed E-state index contributed by atoms with van der Waals surface area (Å²) in [6.45, 7) is 0. The minimum absolute atomic E-state index is 0.0409. The van der Waals surface area contributed by atoms with E-state index in [1.54, 1.807) is 0 Å². The Morgan fingerprint density at radius 3 is 1.50 bits per heavy atom. The Labute approximate surface area is 65.9 Å². The Morgan fingerprint density at radius 2 is 1.50 bits per heavy atom. The molecule has 0 radical (unpaired) electrons. The lowest BCUT2D eigenvalue weighted by atomic mass is 11.0. The first-order valence-corrected chi connectivity index (χ1v) is 5.42. The third-order valence-corrected chi connectivity index (χ3v) is 6.25. The maximum absolute atomic E-state index is 3.35. The molecule has 38 valence electrons. The first kappa shape index (κ1) is 7.66. The van der Waals surface area contributed by atoms with Crippen LogP contribution in [0.4, 0.5) is 0 Å². The summed E-state index contributed by atoms with van der Waals surface area (Å²) >= 11 is 10.0. The van der Waals surface area contributed by atoms with Crippen molar-refractivity contribution in [2.45, 2.75) is 8.19 Å². The summed E-state index contributed by atoms with van der Waals surface area (Å²) in [5, 5.41) is 0. The maximum atomic E-state index is 3.35. The maximum Gasteiger partial charge on any atom is 0.131 e. The summed E-state index contributed by atoms with van der Waals surface area (Å²) in [5.41, 5.74) is 0. The third kappa shape index (κ3) is 5.66. The quantitative estimate of drug-likeness (QED) is 0.471. The second kappa shape index (κ2) is 2.84. The number of hydrogen-bond acceptors (Lipinski definition) is 0. The molecule has 0 aliphatic heterocycles. The monoisotopic (exact) mass is 294 g/mol. The molecule has 0 bridgehead atoms. The highest BCUT2D eigenvalue weighted by Crippen LogP contribution is 2.35. The van der Waals surface area contributed by atoms with E-state index in [0.29, 0.717) is 0 Å². The van der Waals surface area contributed by atoms with Crippen molar-refractivity contribution in [1.29, 1.82) is 0 Å². The van der Waals surface area contributed by atoms with Gasteiger partial charge in [0, 0.05) is 10.2 Å². The number of halogens is 3. The van der Waals surface area contributed by atoms with Crippen molar-refractivity contribution >= 4 is 58.0 Å². The second-order valence-corrected chi connectivity index (χ2v) is 8.93. The molecule has 0 amide bonds. The summed E-state index contributed by atoms with van der Waals surface area (Å²) in [4.78, 5) is 0. The summed E-state index contributed by atoms with van der Waals surface area (Å²) in [6, 6.07) is 1.16. The predicted molar refractivity (Wildman–Crippen MR) is 44.3 cm³/mol. The molecule has 0 aliphatic carbocycles. The van der Waals surface area contributed by atoms with Gasteiger partial charge in [0.25, 0.3) is 0 Å². The predicted octanol–water partition coefficient (Wildman–Crippen LogP) is 1.61. The highest BCUT2D eigenvalue weighted by molar-refractivity contribution is 9.39. The van der Waals surface area contributed by atoms with E-state index in [4.69, 9.17) is 0 Å². The van der Waals surface area contributed by atoms with E-state index in [9.17, 15) is 0 Å². The first-order chi connectivity index (χ1) is 2.56. The molecule has 0 aliphatic rings. The van der Waals surface area contributed by atoms with E-state index in [1.165, 1.54) is 10.2 Å². The number of hydrogen-bond donors (Lipinski definition) is 0. The molecule has 6 heavy (non-hydrogen) atoms. The van der Waals surface area contributed by atoms with Crippen LogP contribution in [-0.2, 0) is 0 Å². The second-order valence-electron chi connectivity index (χ2n) is 0.969. The zero-order valence-corrected chi connectivity index (χ0v) is 10.1. The molecule has 0 fully saturated rings. The van der Waals surface area contributed by atoms with Gasteiger partial charge in [0.1, 0.15) is 2.14 Å². The van der Waals surface area contributed by atoms with Crippen LogP contribution in [0.25, 0.3) is 0 Å². The van der Waals surface area contributed by atoms with E-state index < -0.39 is 0 Å². The largest absolute Gasteiger partial charge is 0.131 e. The van der Waals surface area contributed by atoms with Gasteiger partial charge < -0.3 is 0 Å². The topological polar surface area (TPSA) is 0 Å². The number of rotatable bonds is 0. The van der Waals surface area contributed by atoms with Crippen LogP contribution in [0, 0.1) is 0 Å². The lowest BCUT2D eigenvalue weighted by Gasteiger charge is -2.04. The molecule has 0 spiro atoms. The third-order valence-electron chi connectivity index (χ3n) is 0.401. The molecular weight excluding hydrogens is 292 g/mol. The Bertz CT molecular complexity index is 38.5. The average molecular weight is 297 g/mol. The van der Waals surface area contributed by atoms with Crippen LogP contribution in [0.5, 0.6) is 0 Å². The highest BCUT2D eigenvalue weighted by atomic mass is 80.0. The minimum Gasteiger partial charge on any atom is -0.0603 e. The zero-order chi connectivity index (χ0) is 5.21. The zero-order valence-electron chi connectivity index (χ0n) is 3.34. The van der Waals surface area contributed by atoms with Crippen LogP contribution >= 0.6 is 47.8 Å². The van der Waals surface area contributed by atoms with Crippen LogP contribution < -0.4 is 0 Å². The molecule has 0 aromatic heterocycles. The van der Waals surface area contributed by atoms with E-state index in [2.05, 4.69) is 47.8 Å². The van der Waals surface area contributed by atoms with Gasteiger partial charge in [0.05, 0.1) is 0 Å². The van der Waals surface area contributed by atoms with Crippen LogP contribution in [0.1, 0.15) is 0 Å². The Kier molecular flexibility index (Phi) is 3.63. The van der Waals surface area contributed by atoms with Gasteiger partial charge in [0.15, 0.2) is 0 Å². The molecule has 0 atom stereocenters. The fourth-order valence-corrected chi connectivity index (χ4v) is 0. The van der Waals surface area contributed by atoms with Crippen molar-refractivity contribution in [3.05, 3.63) is 0 Å². The standard InChI is InChI=1S/C2H5Br3Si/c3-2(4,5)1-6/h1H2,6H3. The Balaban J connectivity index is 3.17. The molecule has 0 rings (SSSR count). The molecule has 0 saturated heterocycles. The average Bonchev–Trinajstić information content (AvgIpc) is 1.35.